The van der Waals surface area contributed by atoms with Crippen LogP contribution in [-0.4, -0.2) is 50.8 Å². The van der Waals surface area contributed by atoms with E-state index in [9.17, 15) is 19.8 Å². The van der Waals surface area contributed by atoms with Gasteiger partial charge in [-0.2, -0.15) is 0 Å². The molecule has 1 aromatic carbocycles. The molecule has 1 aliphatic heterocycles. The molecule has 1 aliphatic rings. The second-order valence-electron chi connectivity index (χ2n) is 4.36. The molecule has 1 saturated heterocycles. The topological polar surface area (TPSA) is 98.1 Å². The maximum atomic E-state index is 12.2. The highest BCUT2D eigenvalue weighted by Crippen LogP contribution is 2.27. The Morgan fingerprint density at radius 1 is 1.37 bits per heavy atom. The molecule has 102 valence electrons. The third kappa shape index (κ3) is 2.64. The van der Waals surface area contributed by atoms with Crippen molar-refractivity contribution < 1.29 is 24.9 Å². The van der Waals surface area contributed by atoms with Crippen LogP contribution in [0.2, 0.25) is 5.02 Å². The number of hydrogen-bond donors (Lipinski definition) is 3. The number of carbonyl (C=O) groups excluding carboxylic acids is 1. The first-order valence-electron chi connectivity index (χ1n) is 5.60. The molecule has 3 N–H and O–H groups in total. The van der Waals surface area contributed by atoms with Crippen molar-refractivity contribution in [2.75, 3.05) is 6.54 Å². The lowest BCUT2D eigenvalue weighted by Crippen LogP contribution is -2.40. The highest BCUT2D eigenvalue weighted by atomic mass is 35.5. The molecular formula is C12H12ClNO5. The van der Waals surface area contributed by atoms with Crippen LogP contribution in [0.25, 0.3) is 0 Å². The number of β-amino-alcohol motifs (C(OH)–C–C–N with tert-alkyl or cyclic N) is 1. The van der Waals surface area contributed by atoms with E-state index in [0.29, 0.717) is 0 Å². The number of halogens is 1. The Balaban J connectivity index is 2.33. The summed E-state index contributed by atoms with van der Waals surface area (Å²) in [7, 11) is 0. The van der Waals surface area contributed by atoms with E-state index in [2.05, 4.69) is 0 Å². The summed E-state index contributed by atoms with van der Waals surface area (Å²) in [5.74, 6) is -2.13. The summed E-state index contributed by atoms with van der Waals surface area (Å²) in [4.78, 5) is 24.3. The first-order valence-corrected chi connectivity index (χ1v) is 5.98. The number of aliphatic hydroxyl groups excluding tert-OH is 1. The third-order valence-corrected chi connectivity index (χ3v) is 3.25. The van der Waals surface area contributed by atoms with Gasteiger partial charge in [-0.15, -0.1) is 0 Å². The Bertz CT molecular complexity index is 533. The summed E-state index contributed by atoms with van der Waals surface area (Å²) >= 11 is 5.75. The average molecular weight is 286 g/mol. The second kappa shape index (κ2) is 5.07. The fourth-order valence-electron chi connectivity index (χ4n) is 2.11. The van der Waals surface area contributed by atoms with Gasteiger partial charge >= 0.3 is 5.97 Å². The van der Waals surface area contributed by atoms with Gasteiger partial charge in [0.1, 0.15) is 11.8 Å². The molecule has 1 amide bonds. The van der Waals surface area contributed by atoms with Gasteiger partial charge in [0.05, 0.1) is 11.7 Å². The number of aliphatic hydroxyl groups is 1. The Morgan fingerprint density at radius 3 is 2.68 bits per heavy atom. The second-order valence-corrected chi connectivity index (χ2v) is 4.80. The summed E-state index contributed by atoms with van der Waals surface area (Å²) in [5.41, 5.74) is -0.0761. The van der Waals surface area contributed by atoms with Crippen molar-refractivity contribution in [3.05, 3.63) is 28.8 Å². The molecule has 19 heavy (non-hydrogen) atoms. The van der Waals surface area contributed by atoms with Crippen molar-refractivity contribution in [1.29, 1.82) is 0 Å². The largest absolute Gasteiger partial charge is 0.507 e. The number of carboxylic acids is 1. The highest BCUT2D eigenvalue weighted by molar-refractivity contribution is 6.31. The molecule has 0 aliphatic carbocycles. The van der Waals surface area contributed by atoms with Crippen LogP contribution in [-0.2, 0) is 4.79 Å². The number of amides is 1. The van der Waals surface area contributed by atoms with E-state index in [4.69, 9.17) is 16.7 Å². The number of benzene rings is 1. The minimum absolute atomic E-state index is 0.0254. The van der Waals surface area contributed by atoms with Crippen molar-refractivity contribution in [1.82, 2.24) is 4.90 Å². The number of carbonyl (C=O) groups is 2. The van der Waals surface area contributed by atoms with E-state index in [0.717, 1.165) is 4.90 Å². The molecule has 1 fully saturated rings. The molecule has 0 saturated carbocycles. The molecule has 6 nitrogen and oxygen atoms in total. The minimum Gasteiger partial charge on any atom is -0.507 e. The molecule has 2 atom stereocenters. The zero-order valence-electron chi connectivity index (χ0n) is 9.78. The molecule has 1 aromatic rings. The lowest BCUT2D eigenvalue weighted by molar-refractivity contribution is -0.141. The number of phenols is 1. The van der Waals surface area contributed by atoms with E-state index in [-0.39, 0.29) is 29.3 Å². The van der Waals surface area contributed by atoms with Crippen LogP contribution >= 0.6 is 11.6 Å². The maximum absolute atomic E-state index is 12.2. The number of aromatic hydroxyl groups is 1. The highest BCUT2D eigenvalue weighted by Gasteiger charge is 2.39. The van der Waals surface area contributed by atoms with Gasteiger partial charge in [-0.1, -0.05) is 11.6 Å². The van der Waals surface area contributed by atoms with Gasteiger partial charge in [-0.25, -0.2) is 4.79 Å². The SMILES string of the molecule is O=C(O)[C@@H]1C[C@H](O)CN1C(=O)c1cc(Cl)ccc1O. The van der Waals surface area contributed by atoms with Crippen LogP contribution in [0.4, 0.5) is 0 Å². The number of carboxylic acid groups (broad SMARTS) is 1. The van der Waals surface area contributed by atoms with Gasteiger partial charge in [-0.05, 0) is 18.2 Å². The van der Waals surface area contributed by atoms with Crippen molar-refractivity contribution in [2.24, 2.45) is 0 Å². The van der Waals surface area contributed by atoms with Gasteiger partial charge < -0.3 is 20.2 Å². The number of rotatable bonds is 2. The molecule has 2 rings (SSSR count). The fourth-order valence-corrected chi connectivity index (χ4v) is 2.28. The van der Waals surface area contributed by atoms with Gasteiger partial charge in [0.15, 0.2) is 0 Å². The molecule has 0 unspecified atom stereocenters. The van der Waals surface area contributed by atoms with Crippen molar-refractivity contribution >= 4 is 23.5 Å². The number of phenolic OH excluding ortho intramolecular Hbond substituents is 1. The van der Waals surface area contributed by atoms with Crippen LogP contribution in [0, 0.1) is 0 Å². The number of aliphatic carboxylic acids is 1. The van der Waals surface area contributed by atoms with Crippen LogP contribution in [0.3, 0.4) is 0 Å². The summed E-state index contributed by atoms with van der Waals surface area (Å²) in [6.45, 7) is -0.0816. The molecular weight excluding hydrogens is 274 g/mol. The monoisotopic (exact) mass is 285 g/mol. The Hall–Kier alpha value is -1.79. The smallest absolute Gasteiger partial charge is 0.326 e. The van der Waals surface area contributed by atoms with Crippen molar-refractivity contribution in [3.63, 3.8) is 0 Å². The van der Waals surface area contributed by atoms with E-state index < -0.39 is 24.0 Å². The summed E-state index contributed by atoms with van der Waals surface area (Å²) in [5, 5.41) is 28.4. The van der Waals surface area contributed by atoms with Gasteiger partial charge in [0.25, 0.3) is 5.91 Å². The first kappa shape index (κ1) is 13.6. The van der Waals surface area contributed by atoms with Crippen molar-refractivity contribution in [2.45, 2.75) is 18.6 Å². The zero-order valence-corrected chi connectivity index (χ0v) is 10.5. The van der Waals surface area contributed by atoms with E-state index in [1.165, 1.54) is 18.2 Å². The predicted molar refractivity (Wildman–Crippen MR) is 66.2 cm³/mol. The summed E-state index contributed by atoms with van der Waals surface area (Å²) in [6.07, 6.45) is -0.908. The van der Waals surface area contributed by atoms with Gasteiger partial charge in [0, 0.05) is 18.0 Å². The lowest BCUT2D eigenvalue weighted by Gasteiger charge is -2.21. The minimum atomic E-state index is -1.19. The molecule has 7 heteroatoms. The fraction of sp³-hybridized carbons (Fsp3) is 0.333. The molecule has 0 bridgehead atoms. The molecule has 0 spiro atoms. The van der Waals surface area contributed by atoms with Crippen LogP contribution < -0.4 is 0 Å². The van der Waals surface area contributed by atoms with E-state index in [1.807, 2.05) is 0 Å². The molecule has 1 heterocycles. The van der Waals surface area contributed by atoms with E-state index in [1.54, 1.807) is 0 Å². The summed E-state index contributed by atoms with van der Waals surface area (Å²) < 4.78 is 0. The van der Waals surface area contributed by atoms with Crippen molar-refractivity contribution in [3.8, 4) is 5.75 Å². The Labute approximate surface area is 113 Å². The molecule has 0 radical (unpaired) electrons. The third-order valence-electron chi connectivity index (χ3n) is 3.01. The average Bonchev–Trinajstić information content (AvgIpc) is 2.74. The van der Waals surface area contributed by atoms with E-state index >= 15 is 0 Å². The normalized spacial score (nSPS) is 22.5. The van der Waals surface area contributed by atoms with Crippen LogP contribution in [0.1, 0.15) is 16.8 Å². The molecule has 0 aromatic heterocycles. The first-order chi connectivity index (χ1) is 8.90. The lowest BCUT2D eigenvalue weighted by atomic mass is 10.1. The predicted octanol–water partition coefficient (Wildman–Crippen LogP) is 0.706. The standard InChI is InChI=1S/C12H12ClNO5/c13-6-1-2-10(16)8(3-6)11(17)14-5-7(15)4-9(14)12(18)19/h1-3,7,9,15-16H,4-5H2,(H,18,19)/t7-,9-/m0/s1. The maximum Gasteiger partial charge on any atom is 0.326 e. The van der Waals surface area contributed by atoms with Gasteiger partial charge in [0.2, 0.25) is 0 Å². The van der Waals surface area contributed by atoms with Gasteiger partial charge in [-0.3, -0.25) is 4.79 Å². The number of hydrogen-bond acceptors (Lipinski definition) is 4. The Morgan fingerprint density at radius 2 is 2.05 bits per heavy atom. The summed E-state index contributed by atoms with van der Waals surface area (Å²) in [6, 6.07) is 2.85. The van der Waals surface area contributed by atoms with Crippen LogP contribution in [0.15, 0.2) is 18.2 Å². The quantitative estimate of drug-likeness (QED) is 0.743. The number of nitrogens with zero attached hydrogens (tertiary/aromatic N) is 1. The van der Waals surface area contributed by atoms with Crippen LogP contribution in [0.5, 0.6) is 5.75 Å². The number of likely N-dealkylation sites (tertiary alicyclic amines) is 1. The zero-order chi connectivity index (χ0) is 14.2. The Kier molecular flexibility index (Phi) is 3.64.